The molecule has 0 amide bonds. The van der Waals surface area contributed by atoms with Gasteiger partial charge in [-0.15, -0.1) is 0 Å². The highest BCUT2D eigenvalue weighted by Crippen LogP contribution is 2.30. The minimum Gasteiger partial charge on any atom is -0.469 e. The topological polar surface area (TPSA) is 60.4 Å². The van der Waals surface area contributed by atoms with E-state index < -0.39 is 0 Å². The molecule has 1 aliphatic rings. The highest BCUT2D eigenvalue weighted by Gasteiger charge is 2.30. The maximum atomic E-state index is 5.71. The predicted molar refractivity (Wildman–Crippen MR) is 70.9 cm³/mol. The Morgan fingerprint density at radius 3 is 2.78 bits per heavy atom. The average molecular weight is 252 g/mol. The van der Waals surface area contributed by atoms with Gasteiger partial charge >= 0.3 is 0 Å². The Bertz CT molecular complexity index is 321. The first-order valence-corrected chi connectivity index (χ1v) is 6.86. The average Bonchev–Trinajstić information content (AvgIpc) is 2.92. The van der Waals surface area contributed by atoms with Crippen LogP contribution < -0.4 is 11.3 Å². The molecule has 102 valence electrons. The van der Waals surface area contributed by atoms with Gasteiger partial charge in [0.2, 0.25) is 0 Å². The first kappa shape index (κ1) is 13.6. The Morgan fingerprint density at radius 2 is 2.22 bits per heavy atom. The molecule has 1 aliphatic carbocycles. The summed E-state index contributed by atoms with van der Waals surface area (Å²) in [5.41, 5.74) is 2.90. The molecule has 0 aliphatic heterocycles. The fraction of sp³-hybridized carbons (Fsp3) is 0.714. The van der Waals surface area contributed by atoms with E-state index in [2.05, 4.69) is 5.43 Å². The zero-order chi connectivity index (χ0) is 12.8. The first-order chi connectivity index (χ1) is 8.85. The van der Waals surface area contributed by atoms with E-state index in [1.54, 1.807) is 13.4 Å². The molecule has 0 saturated heterocycles. The van der Waals surface area contributed by atoms with Gasteiger partial charge in [0.05, 0.1) is 18.4 Å². The van der Waals surface area contributed by atoms with Crippen molar-refractivity contribution in [3.05, 3.63) is 24.2 Å². The number of hydrazine groups is 1. The van der Waals surface area contributed by atoms with Crippen molar-refractivity contribution in [3.8, 4) is 0 Å². The summed E-state index contributed by atoms with van der Waals surface area (Å²) in [4.78, 5) is 0. The first-order valence-electron chi connectivity index (χ1n) is 6.86. The summed E-state index contributed by atoms with van der Waals surface area (Å²) in [7, 11) is 1.78. The number of nitrogens with one attached hydrogen (secondary N) is 1. The third-order valence-corrected chi connectivity index (χ3v) is 4.00. The normalized spacial score (nSPS) is 20.8. The Kier molecular flexibility index (Phi) is 5.23. The van der Waals surface area contributed by atoms with Crippen molar-refractivity contribution in [3.63, 3.8) is 0 Å². The van der Waals surface area contributed by atoms with Crippen LogP contribution in [0.5, 0.6) is 0 Å². The van der Waals surface area contributed by atoms with Crippen LogP contribution in [0.3, 0.4) is 0 Å². The van der Waals surface area contributed by atoms with Crippen molar-refractivity contribution >= 4 is 0 Å². The highest BCUT2D eigenvalue weighted by atomic mass is 16.5. The predicted octanol–water partition coefficient (Wildman–Crippen LogP) is 2.25. The van der Waals surface area contributed by atoms with E-state index in [9.17, 15) is 0 Å². The van der Waals surface area contributed by atoms with Crippen LogP contribution in [0.4, 0.5) is 0 Å². The standard InChI is InChI=1S/C14H24N2O2/c1-17-14(11-6-3-2-4-7-11)13(16-15)10-12-8-5-9-18-12/h5,8-9,11,13-14,16H,2-4,6-7,10,15H2,1H3. The van der Waals surface area contributed by atoms with Crippen LogP contribution in [0.15, 0.2) is 22.8 Å². The van der Waals surface area contributed by atoms with Gasteiger partial charge in [-0.2, -0.15) is 0 Å². The van der Waals surface area contributed by atoms with Gasteiger partial charge in [0.1, 0.15) is 5.76 Å². The van der Waals surface area contributed by atoms with Gasteiger partial charge in [0, 0.05) is 13.5 Å². The molecule has 2 unspecified atom stereocenters. The van der Waals surface area contributed by atoms with Gasteiger partial charge in [0.15, 0.2) is 0 Å². The van der Waals surface area contributed by atoms with E-state index >= 15 is 0 Å². The lowest BCUT2D eigenvalue weighted by molar-refractivity contribution is 0.00713. The van der Waals surface area contributed by atoms with Crippen LogP contribution in [-0.2, 0) is 11.2 Å². The molecule has 4 heteroatoms. The summed E-state index contributed by atoms with van der Waals surface area (Å²) < 4.78 is 11.1. The molecule has 18 heavy (non-hydrogen) atoms. The van der Waals surface area contributed by atoms with Crippen LogP contribution in [0.2, 0.25) is 0 Å². The van der Waals surface area contributed by atoms with E-state index in [1.165, 1.54) is 32.1 Å². The van der Waals surface area contributed by atoms with Gasteiger partial charge in [0.25, 0.3) is 0 Å². The molecular weight excluding hydrogens is 228 g/mol. The second-order valence-electron chi connectivity index (χ2n) is 5.16. The number of methoxy groups -OCH3 is 1. The Hall–Kier alpha value is -0.840. The minimum atomic E-state index is 0.115. The monoisotopic (exact) mass is 252 g/mol. The molecule has 1 fully saturated rings. The number of rotatable bonds is 6. The van der Waals surface area contributed by atoms with Crippen LogP contribution in [0, 0.1) is 5.92 Å². The van der Waals surface area contributed by atoms with Crippen molar-refractivity contribution in [2.75, 3.05) is 7.11 Å². The third-order valence-electron chi connectivity index (χ3n) is 4.00. The minimum absolute atomic E-state index is 0.115. The smallest absolute Gasteiger partial charge is 0.105 e. The second-order valence-corrected chi connectivity index (χ2v) is 5.16. The van der Waals surface area contributed by atoms with E-state index in [0.29, 0.717) is 5.92 Å². The lowest BCUT2D eigenvalue weighted by Gasteiger charge is -2.34. The second kappa shape index (κ2) is 6.92. The molecule has 1 saturated carbocycles. The van der Waals surface area contributed by atoms with Gasteiger partial charge in [-0.1, -0.05) is 19.3 Å². The largest absolute Gasteiger partial charge is 0.469 e. The van der Waals surface area contributed by atoms with Crippen LogP contribution >= 0.6 is 0 Å². The van der Waals surface area contributed by atoms with E-state index in [4.69, 9.17) is 15.0 Å². The van der Waals surface area contributed by atoms with E-state index in [0.717, 1.165) is 12.2 Å². The van der Waals surface area contributed by atoms with Crippen molar-refractivity contribution in [1.82, 2.24) is 5.43 Å². The summed E-state index contributed by atoms with van der Waals surface area (Å²) in [6.45, 7) is 0. The number of nitrogens with two attached hydrogens (primary N) is 1. The lowest BCUT2D eigenvalue weighted by atomic mass is 9.82. The Balaban J connectivity index is 1.98. The van der Waals surface area contributed by atoms with Crippen molar-refractivity contribution in [1.29, 1.82) is 0 Å². The van der Waals surface area contributed by atoms with Gasteiger partial charge in [-0.05, 0) is 30.9 Å². The van der Waals surface area contributed by atoms with Crippen molar-refractivity contribution < 1.29 is 9.15 Å². The van der Waals surface area contributed by atoms with E-state index in [1.807, 2.05) is 12.1 Å². The summed E-state index contributed by atoms with van der Waals surface area (Å²) in [6, 6.07) is 4.01. The summed E-state index contributed by atoms with van der Waals surface area (Å²) in [6.07, 6.45) is 9.10. The summed E-state index contributed by atoms with van der Waals surface area (Å²) in [5.74, 6) is 7.27. The van der Waals surface area contributed by atoms with Crippen LogP contribution in [0.25, 0.3) is 0 Å². The summed E-state index contributed by atoms with van der Waals surface area (Å²) in [5, 5.41) is 0. The van der Waals surface area contributed by atoms with Crippen LogP contribution in [-0.4, -0.2) is 19.3 Å². The molecule has 1 heterocycles. The zero-order valence-corrected chi connectivity index (χ0v) is 11.1. The number of hydrogen-bond acceptors (Lipinski definition) is 4. The fourth-order valence-corrected chi connectivity index (χ4v) is 3.06. The highest BCUT2D eigenvalue weighted by molar-refractivity contribution is 5.02. The zero-order valence-electron chi connectivity index (χ0n) is 11.1. The lowest BCUT2D eigenvalue weighted by Crippen LogP contribution is -2.49. The Morgan fingerprint density at radius 1 is 1.44 bits per heavy atom. The van der Waals surface area contributed by atoms with Gasteiger partial charge in [-0.25, -0.2) is 0 Å². The Labute approximate surface area is 109 Å². The van der Waals surface area contributed by atoms with Crippen molar-refractivity contribution in [2.24, 2.45) is 11.8 Å². The van der Waals surface area contributed by atoms with Gasteiger partial charge in [-0.3, -0.25) is 11.3 Å². The van der Waals surface area contributed by atoms with E-state index in [-0.39, 0.29) is 12.1 Å². The molecule has 0 aromatic carbocycles. The molecule has 4 nitrogen and oxygen atoms in total. The maximum absolute atomic E-state index is 5.71. The van der Waals surface area contributed by atoms with Crippen LogP contribution in [0.1, 0.15) is 37.9 Å². The molecule has 2 atom stereocenters. The molecule has 0 radical (unpaired) electrons. The number of hydrogen-bond donors (Lipinski definition) is 2. The van der Waals surface area contributed by atoms with Crippen molar-refractivity contribution in [2.45, 2.75) is 50.7 Å². The molecule has 1 aromatic rings. The molecule has 0 spiro atoms. The summed E-state index contributed by atoms with van der Waals surface area (Å²) >= 11 is 0. The molecule has 0 bridgehead atoms. The molecule has 2 rings (SSSR count). The quantitative estimate of drug-likeness (QED) is 0.602. The number of furan rings is 1. The molecular formula is C14H24N2O2. The molecule has 3 N–H and O–H groups in total. The van der Waals surface area contributed by atoms with Gasteiger partial charge < -0.3 is 9.15 Å². The molecule has 1 aromatic heterocycles. The third kappa shape index (κ3) is 3.34. The number of ether oxygens (including phenoxy) is 1. The fourth-order valence-electron chi connectivity index (χ4n) is 3.06. The SMILES string of the molecule is COC(C1CCCCC1)C(Cc1ccco1)NN. The maximum Gasteiger partial charge on any atom is 0.105 e.